The molecule has 28 heavy (non-hydrogen) atoms. The number of carbonyl (C=O) groups excluding carboxylic acids is 1. The van der Waals surface area contributed by atoms with E-state index in [9.17, 15) is 19.5 Å². The molecule has 0 radical (unpaired) electrons. The number of hydrogen-bond acceptors (Lipinski definition) is 5. The topological polar surface area (TPSA) is 133 Å². The Balaban J connectivity index is 1.63. The number of carboxylic acids is 1. The van der Waals surface area contributed by atoms with Gasteiger partial charge in [-0.05, 0) is 18.1 Å². The quantitative estimate of drug-likeness (QED) is 0.399. The predicted octanol–water partition coefficient (Wildman–Crippen LogP) is 1.37. The second-order valence-corrected chi connectivity index (χ2v) is 7.22. The maximum absolute atomic E-state index is 12.3. The van der Waals surface area contributed by atoms with Gasteiger partial charge < -0.3 is 15.4 Å². The van der Waals surface area contributed by atoms with Gasteiger partial charge in [0.2, 0.25) is 5.91 Å². The summed E-state index contributed by atoms with van der Waals surface area (Å²) >= 11 is 1.09. The highest BCUT2D eigenvalue weighted by Gasteiger charge is 2.22. The Morgan fingerprint density at radius 3 is 2.89 bits per heavy atom. The largest absolute Gasteiger partial charge is 0.480 e. The molecule has 9 nitrogen and oxygen atoms in total. The maximum Gasteiger partial charge on any atom is 0.343 e. The number of para-hydroxylation sites is 1. The highest BCUT2D eigenvalue weighted by Crippen LogP contribution is 2.19. The first-order valence-electron chi connectivity index (χ1n) is 8.84. The molecule has 0 saturated carbocycles. The third-order valence-corrected chi connectivity index (χ3v) is 5.21. The zero-order valence-electron chi connectivity index (χ0n) is 15.3. The molecule has 10 heteroatoms. The molecule has 0 spiro atoms. The van der Waals surface area contributed by atoms with E-state index >= 15 is 0 Å². The fraction of sp³-hybridized carbons (Fsp3) is 0.333. The number of thioether (sulfide) groups is 1. The fourth-order valence-corrected chi connectivity index (χ4v) is 3.70. The molecule has 1 aromatic carbocycles. The van der Waals surface area contributed by atoms with E-state index in [0.717, 1.165) is 34.6 Å². The van der Waals surface area contributed by atoms with E-state index in [4.69, 9.17) is 0 Å². The number of H-pyrrole nitrogens is 2. The molecule has 0 saturated heterocycles. The van der Waals surface area contributed by atoms with Gasteiger partial charge in [0, 0.05) is 30.1 Å². The summed E-state index contributed by atoms with van der Waals surface area (Å²) in [5, 5.41) is 19.6. The average molecular weight is 403 g/mol. The van der Waals surface area contributed by atoms with Crippen molar-refractivity contribution in [1.82, 2.24) is 25.1 Å². The number of carbonyl (C=O) groups is 2. The standard InChI is InChI=1S/C18H21N5O4S/c1-2-7-23-17(27)21-22-18(23)28-10-15(24)20-14(16(25)26)8-11-9-19-13-6-4-3-5-12(11)13/h3-6,9,14,19H,2,7-8,10H2,1H3,(H,20,24)(H,21,27)(H,25,26)/t14-/m1/s1. The fourth-order valence-electron chi connectivity index (χ4n) is 2.92. The summed E-state index contributed by atoms with van der Waals surface area (Å²) in [6, 6.07) is 6.53. The summed E-state index contributed by atoms with van der Waals surface area (Å²) in [4.78, 5) is 38.7. The van der Waals surface area contributed by atoms with Gasteiger partial charge in [0.05, 0.1) is 5.75 Å². The highest BCUT2D eigenvalue weighted by atomic mass is 32.2. The van der Waals surface area contributed by atoms with E-state index in [1.54, 1.807) is 6.20 Å². The molecule has 0 unspecified atom stereocenters. The Bertz CT molecular complexity index is 1040. The Kier molecular flexibility index (Phi) is 6.19. The van der Waals surface area contributed by atoms with Crippen LogP contribution in [0.5, 0.6) is 0 Å². The van der Waals surface area contributed by atoms with Crippen molar-refractivity contribution in [2.45, 2.75) is 37.5 Å². The van der Waals surface area contributed by atoms with Crippen LogP contribution in [-0.4, -0.2) is 48.5 Å². The summed E-state index contributed by atoms with van der Waals surface area (Å²) in [5.74, 6) is -1.58. The Labute approximate surface area is 164 Å². The molecule has 0 bridgehead atoms. The monoisotopic (exact) mass is 403 g/mol. The van der Waals surface area contributed by atoms with Crippen LogP contribution in [0, 0.1) is 0 Å². The van der Waals surface area contributed by atoms with E-state index in [1.165, 1.54) is 4.57 Å². The molecule has 148 valence electrons. The van der Waals surface area contributed by atoms with Gasteiger partial charge in [0.25, 0.3) is 0 Å². The Morgan fingerprint density at radius 1 is 1.36 bits per heavy atom. The van der Waals surface area contributed by atoms with E-state index in [1.807, 2.05) is 31.2 Å². The zero-order valence-corrected chi connectivity index (χ0v) is 16.1. The third-order valence-electron chi connectivity index (χ3n) is 4.24. The van der Waals surface area contributed by atoms with E-state index in [0.29, 0.717) is 11.7 Å². The molecular formula is C18H21N5O4S. The molecule has 0 aliphatic carbocycles. The zero-order chi connectivity index (χ0) is 20.1. The van der Waals surface area contributed by atoms with Gasteiger partial charge in [-0.1, -0.05) is 36.9 Å². The summed E-state index contributed by atoms with van der Waals surface area (Å²) in [5.41, 5.74) is 1.41. The number of aromatic nitrogens is 4. The van der Waals surface area contributed by atoms with Crippen molar-refractivity contribution in [3.05, 3.63) is 46.5 Å². The summed E-state index contributed by atoms with van der Waals surface area (Å²) in [7, 11) is 0. The van der Waals surface area contributed by atoms with Crippen LogP contribution in [0.3, 0.4) is 0 Å². The third kappa shape index (κ3) is 4.45. The molecule has 0 fully saturated rings. The SMILES string of the molecule is CCCn1c(SCC(=O)N[C@H](Cc2c[nH]c3ccccc23)C(=O)O)n[nH]c1=O. The number of fused-ring (bicyclic) bond motifs is 1. The van der Waals surface area contributed by atoms with Crippen LogP contribution in [-0.2, 0) is 22.6 Å². The summed E-state index contributed by atoms with van der Waals surface area (Å²) in [6.07, 6.45) is 2.68. The average Bonchev–Trinajstić information content (AvgIpc) is 3.24. The lowest BCUT2D eigenvalue weighted by atomic mass is 10.1. The highest BCUT2D eigenvalue weighted by molar-refractivity contribution is 7.99. The lowest BCUT2D eigenvalue weighted by molar-refractivity contribution is -0.141. The number of carboxylic acid groups (broad SMARTS) is 1. The van der Waals surface area contributed by atoms with Gasteiger partial charge in [-0.15, -0.1) is 5.10 Å². The smallest absolute Gasteiger partial charge is 0.343 e. The molecule has 2 aromatic heterocycles. The van der Waals surface area contributed by atoms with E-state index < -0.39 is 17.9 Å². The van der Waals surface area contributed by atoms with Gasteiger partial charge in [-0.3, -0.25) is 9.36 Å². The van der Waals surface area contributed by atoms with Crippen molar-refractivity contribution < 1.29 is 14.7 Å². The molecule has 1 atom stereocenters. The van der Waals surface area contributed by atoms with Crippen molar-refractivity contribution in [1.29, 1.82) is 0 Å². The molecule has 3 aromatic rings. The Hall–Kier alpha value is -3.01. The first-order chi connectivity index (χ1) is 13.5. The lowest BCUT2D eigenvalue weighted by Crippen LogP contribution is -2.43. The van der Waals surface area contributed by atoms with Gasteiger partial charge >= 0.3 is 11.7 Å². The number of nitrogens with zero attached hydrogens (tertiary/aromatic N) is 2. The Morgan fingerprint density at radius 2 is 2.14 bits per heavy atom. The van der Waals surface area contributed by atoms with Crippen LogP contribution in [0.4, 0.5) is 0 Å². The van der Waals surface area contributed by atoms with Crippen molar-refractivity contribution in [2.24, 2.45) is 0 Å². The molecule has 1 amide bonds. The minimum absolute atomic E-state index is 0.0360. The van der Waals surface area contributed by atoms with Crippen LogP contribution in [0.1, 0.15) is 18.9 Å². The predicted molar refractivity (Wildman–Crippen MR) is 105 cm³/mol. The van der Waals surface area contributed by atoms with Gasteiger partial charge in [-0.25, -0.2) is 14.7 Å². The minimum Gasteiger partial charge on any atom is -0.480 e. The number of aromatic amines is 2. The summed E-state index contributed by atoms with van der Waals surface area (Å²) in [6.45, 7) is 2.43. The van der Waals surface area contributed by atoms with Crippen molar-refractivity contribution >= 4 is 34.5 Å². The van der Waals surface area contributed by atoms with Crippen LogP contribution in [0.25, 0.3) is 10.9 Å². The molecule has 2 heterocycles. The number of hydrogen-bond donors (Lipinski definition) is 4. The van der Waals surface area contributed by atoms with Gasteiger partial charge in [0.1, 0.15) is 6.04 Å². The van der Waals surface area contributed by atoms with Crippen molar-refractivity contribution in [2.75, 3.05) is 5.75 Å². The normalized spacial score (nSPS) is 12.2. The van der Waals surface area contributed by atoms with E-state index in [-0.39, 0.29) is 17.9 Å². The maximum atomic E-state index is 12.3. The van der Waals surface area contributed by atoms with Crippen LogP contribution in [0.2, 0.25) is 0 Å². The number of nitrogens with one attached hydrogen (secondary N) is 3. The number of amides is 1. The molecular weight excluding hydrogens is 382 g/mol. The molecule has 0 aliphatic rings. The lowest BCUT2D eigenvalue weighted by Gasteiger charge is -2.14. The first-order valence-corrected chi connectivity index (χ1v) is 9.83. The van der Waals surface area contributed by atoms with Gasteiger partial charge in [-0.2, -0.15) is 0 Å². The van der Waals surface area contributed by atoms with Gasteiger partial charge in [0.15, 0.2) is 5.16 Å². The molecule has 3 rings (SSSR count). The second-order valence-electron chi connectivity index (χ2n) is 6.27. The number of rotatable bonds is 9. The molecule has 0 aliphatic heterocycles. The minimum atomic E-state index is -1.11. The second kappa shape index (κ2) is 8.79. The van der Waals surface area contributed by atoms with Crippen LogP contribution < -0.4 is 11.0 Å². The number of aliphatic carboxylic acids is 1. The first kappa shape index (κ1) is 19.7. The van der Waals surface area contributed by atoms with Crippen molar-refractivity contribution in [3.63, 3.8) is 0 Å². The molecule has 4 N–H and O–H groups in total. The van der Waals surface area contributed by atoms with E-state index in [2.05, 4.69) is 20.5 Å². The van der Waals surface area contributed by atoms with Crippen molar-refractivity contribution in [3.8, 4) is 0 Å². The van der Waals surface area contributed by atoms with Crippen LogP contribution >= 0.6 is 11.8 Å². The van der Waals surface area contributed by atoms with Crippen LogP contribution in [0.15, 0.2) is 40.4 Å². The number of benzene rings is 1. The summed E-state index contributed by atoms with van der Waals surface area (Å²) < 4.78 is 1.46.